The highest BCUT2D eigenvalue weighted by Gasteiger charge is 2.22. The number of ether oxygens (including phenoxy) is 1. The predicted octanol–water partition coefficient (Wildman–Crippen LogP) is 3.34. The van der Waals surface area contributed by atoms with E-state index in [1.807, 2.05) is 29.2 Å². The first-order chi connectivity index (χ1) is 12.6. The normalized spacial score (nSPS) is 14.3. The first-order valence-corrected chi connectivity index (χ1v) is 9.05. The molecule has 2 amide bonds. The van der Waals surface area contributed by atoms with Crippen LogP contribution in [-0.2, 0) is 6.54 Å². The molecule has 1 saturated heterocycles. The largest absolute Gasteiger partial charge is 0.496 e. The van der Waals surface area contributed by atoms with Gasteiger partial charge in [-0.15, -0.1) is 0 Å². The number of benzene rings is 2. The lowest BCUT2D eigenvalue weighted by Crippen LogP contribution is -2.51. The fourth-order valence-electron chi connectivity index (χ4n) is 3.34. The number of anilines is 1. The van der Waals surface area contributed by atoms with Crippen LogP contribution in [0.1, 0.15) is 16.7 Å². The number of methoxy groups -OCH3 is 1. The average Bonchev–Trinajstić information content (AvgIpc) is 2.68. The van der Waals surface area contributed by atoms with Gasteiger partial charge in [-0.3, -0.25) is 0 Å². The molecule has 26 heavy (non-hydrogen) atoms. The fraction of sp³-hybridized carbons (Fsp3) is 0.381. The quantitative estimate of drug-likeness (QED) is 0.917. The van der Waals surface area contributed by atoms with Gasteiger partial charge in [-0.2, -0.15) is 0 Å². The van der Waals surface area contributed by atoms with Crippen molar-refractivity contribution in [2.75, 3.05) is 38.2 Å². The number of nitrogens with zero attached hydrogens (tertiary/aromatic N) is 2. The molecule has 0 saturated carbocycles. The number of urea groups is 1. The van der Waals surface area contributed by atoms with Gasteiger partial charge in [0.2, 0.25) is 0 Å². The maximum atomic E-state index is 12.5. The molecule has 2 aromatic carbocycles. The van der Waals surface area contributed by atoms with Crippen LogP contribution in [0, 0.1) is 13.8 Å². The Balaban J connectivity index is 1.54. The number of carbonyl (C=O) groups is 1. The number of piperazine rings is 1. The summed E-state index contributed by atoms with van der Waals surface area (Å²) >= 11 is 0. The van der Waals surface area contributed by atoms with Crippen LogP contribution in [0.5, 0.6) is 5.75 Å². The summed E-state index contributed by atoms with van der Waals surface area (Å²) < 4.78 is 5.34. The lowest BCUT2D eigenvalue weighted by Gasteiger charge is -2.37. The second-order valence-corrected chi connectivity index (χ2v) is 6.73. The number of rotatable bonds is 4. The molecule has 2 aromatic rings. The van der Waals surface area contributed by atoms with Gasteiger partial charge in [0, 0.05) is 44.0 Å². The van der Waals surface area contributed by atoms with E-state index in [0.29, 0.717) is 6.54 Å². The van der Waals surface area contributed by atoms with Crippen molar-refractivity contribution in [2.45, 2.75) is 20.4 Å². The summed E-state index contributed by atoms with van der Waals surface area (Å²) in [4.78, 5) is 16.7. The molecule has 1 fully saturated rings. The zero-order valence-electron chi connectivity index (χ0n) is 15.8. The van der Waals surface area contributed by atoms with Crippen molar-refractivity contribution in [3.8, 4) is 5.75 Å². The Labute approximate surface area is 155 Å². The zero-order chi connectivity index (χ0) is 18.5. The fourth-order valence-corrected chi connectivity index (χ4v) is 3.34. The van der Waals surface area contributed by atoms with Gasteiger partial charge in [0.25, 0.3) is 0 Å². The summed E-state index contributed by atoms with van der Waals surface area (Å²) in [5.41, 5.74) is 4.81. The van der Waals surface area contributed by atoms with Crippen molar-refractivity contribution >= 4 is 11.7 Å². The van der Waals surface area contributed by atoms with E-state index in [0.717, 1.165) is 37.5 Å². The van der Waals surface area contributed by atoms with E-state index in [1.165, 1.54) is 16.8 Å². The minimum Gasteiger partial charge on any atom is -0.496 e. The van der Waals surface area contributed by atoms with Crippen molar-refractivity contribution < 1.29 is 9.53 Å². The predicted molar refractivity (Wildman–Crippen MR) is 105 cm³/mol. The number of hydrogen-bond acceptors (Lipinski definition) is 3. The molecular formula is C21H27N3O2. The SMILES string of the molecule is COc1ccccc1CNC(=O)N1CCN(c2cc(C)ccc2C)CC1. The summed E-state index contributed by atoms with van der Waals surface area (Å²) in [6, 6.07) is 14.3. The summed E-state index contributed by atoms with van der Waals surface area (Å²) in [6.45, 7) is 7.89. The summed E-state index contributed by atoms with van der Waals surface area (Å²) in [6.07, 6.45) is 0. The van der Waals surface area contributed by atoms with Gasteiger partial charge in [0.05, 0.1) is 7.11 Å². The third-order valence-electron chi connectivity index (χ3n) is 4.89. The number of nitrogens with one attached hydrogen (secondary N) is 1. The Morgan fingerprint density at radius 3 is 2.54 bits per heavy atom. The van der Waals surface area contributed by atoms with E-state index in [4.69, 9.17) is 4.74 Å². The molecule has 5 heteroatoms. The summed E-state index contributed by atoms with van der Waals surface area (Å²) in [5, 5.41) is 3.01. The van der Waals surface area contributed by atoms with E-state index in [-0.39, 0.29) is 6.03 Å². The molecule has 1 N–H and O–H groups in total. The average molecular weight is 353 g/mol. The molecule has 0 atom stereocenters. The van der Waals surface area contributed by atoms with Gasteiger partial charge in [-0.05, 0) is 37.1 Å². The van der Waals surface area contributed by atoms with Gasteiger partial charge in [-0.25, -0.2) is 4.79 Å². The molecule has 0 aromatic heterocycles. The summed E-state index contributed by atoms with van der Waals surface area (Å²) in [5.74, 6) is 0.799. The molecule has 138 valence electrons. The minimum absolute atomic E-state index is 0.0171. The topological polar surface area (TPSA) is 44.8 Å². The molecule has 1 aliphatic rings. The smallest absolute Gasteiger partial charge is 0.317 e. The highest BCUT2D eigenvalue weighted by molar-refractivity contribution is 5.74. The van der Waals surface area contributed by atoms with E-state index in [2.05, 4.69) is 42.3 Å². The third kappa shape index (κ3) is 4.10. The van der Waals surface area contributed by atoms with Crippen molar-refractivity contribution in [3.05, 3.63) is 59.2 Å². The first-order valence-electron chi connectivity index (χ1n) is 9.05. The number of carbonyl (C=O) groups excluding carboxylic acids is 1. The molecule has 3 rings (SSSR count). The lowest BCUT2D eigenvalue weighted by molar-refractivity contribution is 0.194. The Morgan fingerprint density at radius 2 is 1.81 bits per heavy atom. The van der Waals surface area contributed by atoms with E-state index in [1.54, 1.807) is 7.11 Å². The van der Waals surface area contributed by atoms with Gasteiger partial charge < -0.3 is 19.9 Å². The Morgan fingerprint density at radius 1 is 1.08 bits per heavy atom. The van der Waals surface area contributed by atoms with Gasteiger partial charge >= 0.3 is 6.03 Å². The van der Waals surface area contributed by atoms with Gasteiger partial charge in [0.1, 0.15) is 5.75 Å². The molecule has 0 radical (unpaired) electrons. The third-order valence-corrected chi connectivity index (χ3v) is 4.89. The highest BCUT2D eigenvalue weighted by Crippen LogP contribution is 2.23. The van der Waals surface area contributed by atoms with Crippen LogP contribution in [0.25, 0.3) is 0 Å². The molecule has 1 heterocycles. The van der Waals surface area contributed by atoms with E-state index < -0.39 is 0 Å². The van der Waals surface area contributed by atoms with E-state index in [9.17, 15) is 4.79 Å². The van der Waals surface area contributed by atoms with E-state index >= 15 is 0 Å². The van der Waals surface area contributed by atoms with Crippen LogP contribution in [-0.4, -0.2) is 44.2 Å². The number of hydrogen-bond donors (Lipinski definition) is 1. The van der Waals surface area contributed by atoms with Crippen molar-refractivity contribution in [2.24, 2.45) is 0 Å². The van der Waals surface area contributed by atoms with Crippen LogP contribution in [0.2, 0.25) is 0 Å². The van der Waals surface area contributed by atoms with Crippen molar-refractivity contribution in [1.29, 1.82) is 0 Å². The zero-order valence-corrected chi connectivity index (χ0v) is 15.8. The molecule has 0 aliphatic carbocycles. The first kappa shape index (κ1) is 18.1. The van der Waals surface area contributed by atoms with Crippen LogP contribution in [0.3, 0.4) is 0 Å². The maximum Gasteiger partial charge on any atom is 0.317 e. The Bertz CT molecular complexity index is 768. The van der Waals surface area contributed by atoms with Crippen LogP contribution >= 0.6 is 0 Å². The second-order valence-electron chi connectivity index (χ2n) is 6.73. The molecule has 0 bridgehead atoms. The Hall–Kier alpha value is -2.69. The Kier molecular flexibility index (Phi) is 5.66. The second kappa shape index (κ2) is 8.13. The molecule has 0 unspecified atom stereocenters. The van der Waals surface area contributed by atoms with Crippen molar-refractivity contribution in [3.63, 3.8) is 0 Å². The minimum atomic E-state index is -0.0171. The molecule has 5 nitrogen and oxygen atoms in total. The van der Waals surface area contributed by atoms with Gasteiger partial charge in [-0.1, -0.05) is 30.3 Å². The van der Waals surface area contributed by atoms with Crippen LogP contribution < -0.4 is 15.0 Å². The van der Waals surface area contributed by atoms with Gasteiger partial charge in [0.15, 0.2) is 0 Å². The number of amides is 2. The highest BCUT2D eigenvalue weighted by atomic mass is 16.5. The lowest BCUT2D eigenvalue weighted by atomic mass is 10.1. The van der Waals surface area contributed by atoms with Crippen LogP contribution in [0.15, 0.2) is 42.5 Å². The maximum absolute atomic E-state index is 12.5. The van der Waals surface area contributed by atoms with Crippen molar-refractivity contribution in [1.82, 2.24) is 10.2 Å². The number of aryl methyl sites for hydroxylation is 2. The molecule has 1 aliphatic heterocycles. The molecule has 0 spiro atoms. The standard InChI is InChI=1S/C21H27N3O2/c1-16-8-9-17(2)19(14-16)23-10-12-24(13-11-23)21(25)22-15-18-6-4-5-7-20(18)26-3/h4-9,14H,10-13,15H2,1-3H3,(H,22,25). The summed E-state index contributed by atoms with van der Waals surface area (Å²) in [7, 11) is 1.65. The number of para-hydroxylation sites is 1. The van der Waals surface area contributed by atoms with Crippen LogP contribution in [0.4, 0.5) is 10.5 Å². The molecular weight excluding hydrogens is 326 g/mol. The monoisotopic (exact) mass is 353 g/mol.